The first-order valence-electron chi connectivity index (χ1n) is 10.2. The minimum atomic E-state index is -0.290. The predicted octanol–water partition coefficient (Wildman–Crippen LogP) is 6.07. The number of hydrogen-bond donors (Lipinski definition) is 0. The Morgan fingerprint density at radius 1 is 0.926 bits per heavy atom. The molecule has 0 aliphatic heterocycles. The van der Waals surface area contributed by atoms with E-state index in [1.807, 2.05) is 19.1 Å². The summed E-state index contributed by atoms with van der Waals surface area (Å²) in [6.07, 6.45) is 7.30. The van der Waals surface area contributed by atoms with Gasteiger partial charge in [0.15, 0.2) is 0 Å². The van der Waals surface area contributed by atoms with Crippen LogP contribution in [0.4, 0.5) is 0 Å². The van der Waals surface area contributed by atoms with Crippen molar-refractivity contribution in [2.24, 2.45) is 5.92 Å². The maximum Gasteiger partial charge on any atom is 0.338 e. The van der Waals surface area contributed by atoms with Crippen LogP contribution in [0.2, 0.25) is 0 Å². The first-order chi connectivity index (χ1) is 13.2. The fourth-order valence-corrected chi connectivity index (χ4v) is 3.17. The van der Waals surface area contributed by atoms with E-state index < -0.39 is 0 Å². The number of benzene rings is 2. The second-order valence-corrected chi connectivity index (χ2v) is 6.96. The summed E-state index contributed by atoms with van der Waals surface area (Å²) in [5, 5.41) is 0. The van der Waals surface area contributed by atoms with Crippen LogP contribution in [0.3, 0.4) is 0 Å². The van der Waals surface area contributed by atoms with Crippen molar-refractivity contribution in [3.63, 3.8) is 0 Å². The Labute approximate surface area is 163 Å². The molecule has 2 aromatic carbocycles. The van der Waals surface area contributed by atoms with Crippen molar-refractivity contribution in [2.75, 3.05) is 13.2 Å². The van der Waals surface area contributed by atoms with Crippen molar-refractivity contribution in [1.82, 2.24) is 0 Å². The van der Waals surface area contributed by atoms with Gasteiger partial charge >= 0.3 is 5.97 Å². The zero-order valence-electron chi connectivity index (χ0n) is 16.7. The summed E-state index contributed by atoms with van der Waals surface area (Å²) in [4.78, 5) is 11.7. The fourth-order valence-electron chi connectivity index (χ4n) is 3.17. The van der Waals surface area contributed by atoms with Gasteiger partial charge in [-0.05, 0) is 55.5 Å². The number of esters is 1. The monoisotopic (exact) mass is 368 g/mol. The van der Waals surface area contributed by atoms with Gasteiger partial charge in [0.25, 0.3) is 0 Å². The highest BCUT2D eigenvalue weighted by atomic mass is 16.5. The highest BCUT2D eigenvalue weighted by Crippen LogP contribution is 2.20. The molecule has 0 fully saturated rings. The zero-order valence-corrected chi connectivity index (χ0v) is 16.7. The van der Waals surface area contributed by atoms with E-state index in [0.717, 1.165) is 12.2 Å². The van der Waals surface area contributed by atoms with Crippen LogP contribution >= 0.6 is 0 Å². The lowest BCUT2D eigenvalue weighted by Crippen LogP contribution is -2.15. The maximum absolute atomic E-state index is 11.7. The molecule has 3 nitrogen and oxygen atoms in total. The van der Waals surface area contributed by atoms with Crippen LogP contribution in [0.1, 0.15) is 61.9 Å². The summed E-state index contributed by atoms with van der Waals surface area (Å²) < 4.78 is 11.1. The molecular formula is C24H32O3. The number of hydrogen-bond acceptors (Lipinski definition) is 3. The third-order valence-corrected chi connectivity index (χ3v) is 4.68. The minimum Gasteiger partial charge on any atom is -0.493 e. The molecule has 0 heterocycles. The number of rotatable bonds is 12. The fraction of sp³-hybridized carbons (Fsp3) is 0.458. The van der Waals surface area contributed by atoms with Crippen LogP contribution in [0.5, 0.6) is 5.75 Å². The van der Waals surface area contributed by atoms with Crippen molar-refractivity contribution in [3.05, 3.63) is 65.7 Å². The van der Waals surface area contributed by atoms with E-state index in [9.17, 15) is 4.79 Å². The van der Waals surface area contributed by atoms with E-state index in [2.05, 4.69) is 37.3 Å². The third kappa shape index (κ3) is 7.86. The normalized spacial score (nSPS) is 11.8. The van der Waals surface area contributed by atoms with Gasteiger partial charge in [0.05, 0.1) is 18.8 Å². The molecule has 1 atom stereocenters. The molecule has 0 aliphatic rings. The Kier molecular flexibility index (Phi) is 9.47. The van der Waals surface area contributed by atoms with Gasteiger partial charge in [0.2, 0.25) is 0 Å². The molecule has 0 saturated heterocycles. The largest absolute Gasteiger partial charge is 0.493 e. The Balaban J connectivity index is 1.90. The second-order valence-electron chi connectivity index (χ2n) is 6.96. The summed E-state index contributed by atoms with van der Waals surface area (Å²) in [5.41, 5.74) is 1.92. The molecule has 2 rings (SSSR count). The second kappa shape index (κ2) is 12.2. The average Bonchev–Trinajstić information content (AvgIpc) is 2.70. The molecule has 0 bridgehead atoms. The van der Waals surface area contributed by atoms with Gasteiger partial charge in [-0.15, -0.1) is 0 Å². The number of carbonyl (C=O) groups is 1. The summed E-state index contributed by atoms with van der Waals surface area (Å²) in [6, 6.07) is 17.9. The standard InChI is InChI=1S/C24H32O3/c1-3-5-6-8-13-21(18-20-11-9-7-10-12-20)19-27-23-16-14-22(15-17-23)24(25)26-4-2/h7,9-12,14-17,21H,3-6,8,13,18-19H2,1-2H3/t21-/m0/s1. The molecule has 2 aromatic rings. The van der Waals surface area contributed by atoms with Crippen LogP contribution in [-0.2, 0) is 11.2 Å². The van der Waals surface area contributed by atoms with Crippen LogP contribution in [0, 0.1) is 5.92 Å². The van der Waals surface area contributed by atoms with E-state index in [0.29, 0.717) is 24.7 Å². The van der Waals surface area contributed by atoms with Crippen LogP contribution < -0.4 is 4.74 Å². The van der Waals surface area contributed by atoms with Crippen molar-refractivity contribution >= 4 is 5.97 Å². The van der Waals surface area contributed by atoms with Crippen molar-refractivity contribution in [1.29, 1.82) is 0 Å². The van der Waals surface area contributed by atoms with Crippen molar-refractivity contribution in [2.45, 2.75) is 52.4 Å². The van der Waals surface area contributed by atoms with Crippen LogP contribution in [-0.4, -0.2) is 19.2 Å². The molecular weight excluding hydrogens is 336 g/mol. The lowest BCUT2D eigenvalue weighted by molar-refractivity contribution is 0.0526. The summed E-state index contributed by atoms with van der Waals surface area (Å²) in [7, 11) is 0. The third-order valence-electron chi connectivity index (χ3n) is 4.68. The quantitative estimate of drug-likeness (QED) is 0.337. The highest BCUT2D eigenvalue weighted by Gasteiger charge is 2.12. The number of carbonyl (C=O) groups excluding carboxylic acids is 1. The molecule has 0 amide bonds. The Morgan fingerprint density at radius 3 is 2.33 bits per heavy atom. The molecule has 146 valence electrons. The van der Waals surface area contributed by atoms with Crippen molar-refractivity contribution in [3.8, 4) is 5.75 Å². The van der Waals surface area contributed by atoms with E-state index in [4.69, 9.17) is 9.47 Å². The summed E-state index contributed by atoms with van der Waals surface area (Å²) in [5.74, 6) is 1.01. The first kappa shape index (κ1) is 21.0. The molecule has 0 saturated carbocycles. The minimum absolute atomic E-state index is 0.290. The number of unbranched alkanes of at least 4 members (excludes halogenated alkanes) is 3. The molecule has 0 N–H and O–H groups in total. The van der Waals surface area contributed by atoms with E-state index in [1.54, 1.807) is 12.1 Å². The topological polar surface area (TPSA) is 35.5 Å². The van der Waals surface area contributed by atoms with Gasteiger partial charge in [0.1, 0.15) is 5.75 Å². The molecule has 0 spiro atoms. The lowest BCUT2D eigenvalue weighted by atomic mass is 9.94. The highest BCUT2D eigenvalue weighted by molar-refractivity contribution is 5.89. The number of ether oxygens (including phenoxy) is 2. The SMILES string of the molecule is CCCCCC[C@H](COc1ccc(C(=O)OCC)cc1)Cc1ccccc1. The molecule has 3 heteroatoms. The Morgan fingerprint density at radius 2 is 1.67 bits per heavy atom. The van der Waals surface area contributed by atoms with Crippen LogP contribution in [0.15, 0.2) is 54.6 Å². The van der Waals surface area contributed by atoms with E-state index in [-0.39, 0.29) is 5.97 Å². The maximum atomic E-state index is 11.7. The average molecular weight is 369 g/mol. The van der Waals surface area contributed by atoms with Gasteiger partial charge in [0, 0.05) is 0 Å². The van der Waals surface area contributed by atoms with Crippen molar-refractivity contribution < 1.29 is 14.3 Å². The summed E-state index contributed by atoms with van der Waals surface area (Å²) in [6.45, 7) is 5.13. The van der Waals surface area contributed by atoms with Crippen LogP contribution in [0.25, 0.3) is 0 Å². The molecule has 0 radical (unpaired) electrons. The zero-order chi connectivity index (χ0) is 19.3. The van der Waals surface area contributed by atoms with Gasteiger partial charge in [-0.2, -0.15) is 0 Å². The van der Waals surface area contributed by atoms with Gasteiger partial charge in [-0.1, -0.05) is 62.9 Å². The summed E-state index contributed by atoms with van der Waals surface area (Å²) >= 11 is 0. The lowest BCUT2D eigenvalue weighted by Gasteiger charge is -2.18. The Bertz CT molecular complexity index is 649. The van der Waals surface area contributed by atoms with E-state index >= 15 is 0 Å². The molecule has 0 aliphatic carbocycles. The molecule has 0 aromatic heterocycles. The smallest absolute Gasteiger partial charge is 0.338 e. The van der Waals surface area contributed by atoms with Gasteiger partial charge in [-0.3, -0.25) is 0 Å². The predicted molar refractivity (Wildman–Crippen MR) is 110 cm³/mol. The molecule has 0 unspecified atom stereocenters. The van der Waals surface area contributed by atoms with Gasteiger partial charge < -0.3 is 9.47 Å². The van der Waals surface area contributed by atoms with E-state index in [1.165, 1.54) is 37.7 Å². The molecule has 27 heavy (non-hydrogen) atoms. The first-order valence-corrected chi connectivity index (χ1v) is 10.2. The Hall–Kier alpha value is -2.29. The van der Waals surface area contributed by atoms with Gasteiger partial charge in [-0.25, -0.2) is 4.79 Å².